The van der Waals surface area contributed by atoms with E-state index in [4.69, 9.17) is 9.47 Å². The van der Waals surface area contributed by atoms with E-state index in [9.17, 15) is 4.79 Å². The molecule has 1 amide bonds. The molecule has 1 heterocycles. The number of carbonyl (C=O) groups is 1. The summed E-state index contributed by atoms with van der Waals surface area (Å²) in [4.78, 5) is 12.4. The Morgan fingerprint density at radius 2 is 1.85 bits per heavy atom. The maximum absolute atomic E-state index is 12.4. The smallest absolute Gasteiger partial charge is 0.220 e. The summed E-state index contributed by atoms with van der Waals surface area (Å²) in [6.45, 7) is 8.75. The predicted molar refractivity (Wildman–Crippen MR) is 107 cm³/mol. The molecule has 4 heteroatoms. The third kappa shape index (κ3) is 5.25. The van der Waals surface area contributed by atoms with Gasteiger partial charge in [0.15, 0.2) is 0 Å². The molecule has 1 atom stereocenters. The molecule has 0 radical (unpaired) electrons. The highest BCUT2D eigenvalue weighted by Gasteiger charge is 2.34. The molecule has 4 nitrogen and oxygen atoms in total. The minimum atomic E-state index is -0.298. The van der Waals surface area contributed by atoms with Crippen molar-refractivity contribution in [2.45, 2.75) is 58.6 Å². The van der Waals surface area contributed by atoms with Crippen molar-refractivity contribution in [3.8, 4) is 11.5 Å². The maximum atomic E-state index is 12.4. The fourth-order valence-corrected chi connectivity index (χ4v) is 3.41. The van der Waals surface area contributed by atoms with Gasteiger partial charge in [0.1, 0.15) is 17.1 Å². The highest BCUT2D eigenvalue weighted by atomic mass is 16.5. The van der Waals surface area contributed by atoms with Crippen LogP contribution in [0.3, 0.4) is 0 Å². The highest BCUT2D eigenvalue weighted by molar-refractivity contribution is 5.76. The maximum Gasteiger partial charge on any atom is 0.220 e. The molecule has 1 aliphatic heterocycles. The molecular weight excluding hydrogens is 338 g/mol. The van der Waals surface area contributed by atoms with E-state index in [1.54, 1.807) is 0 Å². The molecule has 1 unspecified atom stereocenters. The fraction of sp³-hybridized carbons (Fsp3) is 0.435. The molecule has 0 saturated heterocycles. The van der Waals surface area contributed by atoms with Crippen LogP contribution < -0.4 is 14.8 Å². The summed E-state index contributed by atoms with van der Waals surface area (Å²) in [5, 5.41) is 3.18. The van der Waals surface area contributed by atoms with Crippen molar-refractivity contribution < 1.29 is 14.3 Å². The van der Waals surface area contributed by atoms with E-state index in [1.807, 2.05) is 44.2 Å². The number of rotatable bonds is 6. The van der Waals surface area contributed by atoms with E-state index < -0.39 is 0 Å². The third-order valence-corrected chi connectivity index (χ3v) is 4.80. The van der Waals surface area contributed by atoms with Gasteiger partial charge in [0.2, 0.25) is 5.91 Å². The Morgan fingerprint density at radius 1 is 1.15 bits per heavy atom. The van der Waals surface area contributed by atoms with Gasteiger partial charge < -0.3 is 14.8 Å². The predicted octanol–water partition coefficient (Wildman–Crippen LogP) is 4.88. The number of fused-ring (bicyclic) bond motifs is 1. The summed E-state index contributed by atoms with van der Waals surface area (Å²) in [6, 6.07) is 14.1. The van der Waals surface area contributed by atoms with Gasteiger partial charge in [0.05, 0.1) is 12.6 Å². The van der Waals surface area contributed by atoms with Crippen LogP contribution in [0.1, 0.15) is 55.8 Å². The summed E-state index contributed by atoms with van der Waals surface area (Å²) in [5.41, 5.74) is 3.12. The number of ether oxygens (including phenoxy) is 2. The molecule has 0 aromatic heterocycles. The number of benzene rings is 2. The molecular formula is C23H29NO3. The Bertz CT molecular complexity index is 796. The molecule has 2 aromatic carbocycles. The Balaban J connectivity index is 1.52. The topological polar surface area (TPSA) is 47.6 Å². The fourth-order valence-electron chi connectivity index (χ4n) is 3.41. The van der Waals surface area contributed by atoms with Crippen LogP contribution in [0, 0.1) is 13.8 Å². The molecule has 1 aliphatic rings. The van der Waals surface area contributed by atoms with Gasteiger partial charge in [-0.25, -0.2) is 0 Å². The number of hydrogen-bond donors (Lipinski definition) is 1. The van der Waals surface area contributed by atoms with Crippen molar-refractivity contribution in [3.05, 3.63) is 59.2 Å². The van der Waals surface area contributed by atoms with E-state index >= 15 is 0 Å². The molecule has 0 spiro atoms. The van der Waals surface area contributed by atoms with Crippen LogP contribution in [-0.4, -0.2) is 18.1 Å². The van der Waals surface area contributed by atoms with Crippen molar-refractivity contribution in [1.29, 1.82) is 0 Å². The molecule has 0 saturated carbocycles. The van der Waals surface area contributed by atoms with Crippen LogP contribution in [0.15, 0.2) is 42.5 Å². The van der Waals surface area contributed by atoms with Gasteiger partial charge in [0, 0.05) is 18.4 Å². The standard InChI is InChI=1S/C23H29NO3/c1-16-7-10-18(11-8-16)26-13-5-6-22(25)24-20-15-23(3,4)27-21-14-17(2)9-12-19(20)21/h7-12,14,20H,5-6,13,15H2,1-4H3,(H,24,25). The van der Waals surface area contributed by atoms with Crippen LogP contribution >= 0.6 is 0 Å². The number of aryl methyl sites for hydroxylation is 2. The minimum Gasteiger partial charge on any atom is -0.494 e. The zero-order valence-corrected chi connectivity index (χ0v) is 16.7. The average Bonchev–Trinajstić information content (AvgIpc) is 2.59. The van der Waals surface area contributed by atoms with Gasteiger partial charge in [-0.2, -0.15) is 0 Å². The number of carbonyl (C=O) groups excluding carboxylic acids is 1. The van der Waals surface area contributed by atoms with E-state index in [0.717, 1.165) is 29.0 Å². The minimum absolute atomic E-state index is 0.0186. The largest absolute Gasteiger partial charge is 0.494 e. The van der Waals surface area contributed by atoms with E-state index in [-0.39, 0.29) is 17.6 Å². The second-order valence-electron chi connectivity index (χ2n) is 7.99. The number of amides is 1. The third-order valence-electron chi connectivity index (χ3n) is 4.80. The SMILES string of the molecule is Cc1ccc(OCCCC(=O)NC2CC(C)(C)Oc3cc(C)ccc32)cc1. The molecule has 27 heavy (non-hydrogen) atoms. The lowest BCUT2D eigenvalue weighted by Crippen LogP contribution is -2.41. The summed E-state index contributed by atoms with van der Waals surface area (Å²) >= 11 is 0. The molecule has 144 valence electrons. The normalized spacial score (nSPS) is 17.6. The summed E-state index contributed by atoms with van der Waals surface area (Å²) in [6.07, 6.45) is 1.90. The first-order chi connectivity index (χ1) is 12.8. The zero-order chi connectivity index (χ0) is 19.4. The van der Waals surface area contributed by atoms with Crippen molar-refractivity contribution in [2.75, 3.05) is 6.61 Å². The van der Waals surface area contributed by atoms with Gasteiger partial charge in [-0.3, -0.25) is 4.79 Å². The van der Waals surface area contributed by atoms with Crippen LogP contribution in [0.4, 0.5) is 0 Å². The Morgan fingerprint density at radius 3 is 2.59 bits per heavy atom. The molecule has 0 fully saturated rings. The van der Waals surface area contributed by atoms with E-state index in [1.165, 1.54) is 5.56 Å². The summed E-state index contributed by atoms with van der Waals surface area (Å²) < 4.78 is 11.8. The quantitative estimate of drug-likeness (QED) is 0.740. The first-order valence-corrected chi connectivity index (χ1v) is 9.61. The number of nitrogens with one attached hydrogen (secondary N) is 1. The second-order valence-corrected chi connectivity index (χ2v) is 7.99. The molecule has 2 aromatic rings. The lowest BCUT2D eigenvalue weighted by atomic mass is 9.89. The van der Waals surface area contributed by atoms with Crippen LogP contribution in [0.5, 0.6) is 11.5 Å². The monoisotopic (exact) mass is 367 g/mol. The first-order valence-electron chi connectivity index (χ1n) is 9.61. The molecule has 1 N–H and O–H groups in total. The van der Waals surface area contributed by atoms with E-state index in [2.05, 4.69) is 31.3 Å². The van der Waals surface area contributed by atoms with Crippen LogP contribution in [0.2, 0.25) is 0 Å². The Labute approximate surface area is 161 Å². The highest BCUT2D eigenvalue weighted by Crippen LogP contribution is 2.39. The lowest BCUT2D eigenvalue weighted by molar-refractivity contribution is -0.122. The van der Waals surface area contributed by atoms with Gasteiger partial charge in [-0.05, 0) is 57.9 Å². The molecule has 3 rings (SSSR count). The summed E-state index contributed by atoms with van der Waals surface area (Å²) in [5.74, 6) is 1.77. The lowest BCUT2D eigenvalue weighted by Gasteiger charge is -2.38. The van der Waals surface area contributed by atoms with Gasteiger partial charge in [-0.15, -0.1) is 0 Å². The van der Waals surface area contributed by atoms with Crippen molar-refractivity contribution in [3.63, 3.8) is 0 Å². The van der Waals surface area contributed by atoms with Crippen LogP contribution in [-0.2, 0) is 4.79 Å². The van der Waals surface area contributed by atoms with Gasteiger partial charge in [-0.1, -0.05) is 29.8 Å². The van der Waals surface area contributed by atoms with Crippen molar-refractivity contribution in [2.24, 2.45) is 0 Å². The molecule has 0 bridgehead atoms. The van der Waals surface area contributed by atoms with Crippen molar-refractivity contribution >= 4 is 5.91 Å². The second kappa shape index (κ2) is 8.03. The molecule has 0 aliphatic carbocycles. The summed E-state index contributed by atoms with van der Waals surface area (Å²) in [7, 11) is 0. The van der Waals surface area contributed by atoms with Crippen molar-refractivity contribution in [1.82, 2.24) is 5.32 Å². The first kappa shape index (κ1) is 19.3. The zero-order valence-electron chi connectivity index (χ0n) is 16.7. The van der Waals surface area contributed by atoms with E-state index in [0.29, 0.717) is 19.4 Å². The van der Waals surface area contributed by atoms with Crippen LogP contribution in [0.25, 0.3) is 0 Å². The van der Waals surface area contributed by atoms with Gasteiger partial charge in [0.25, 0.3) is 0 Å². The Kier molecular flexibility index (Phi) is 5.73. The van der Waals surface area contributed by atoms with Gasteiger partial charge >= 0.3 is 0 Å². The average molecular weight is 367 g/mol. The number of hydrogen-bond acceptors (Lipinski definition) is 3. The Hall–Kier alpha value is -2.49.